The molecule has 0 N–H and O–H groups in total. The topological polar surface area (TPSA) is 160 Å². The monoisotopic (exact) mass is 800 g/mol. The third kappa shape index (κ3) is 11.4. The van der Waals surface area contributed by atoms with Gasteiger partial charge in [-0.3, -0.25) is 4.79 Å². The van der Waals surface area contributed by atoms with Crippen molar-refractivity contribution in [2.45, 2.75) is 122 Å². The van der Waals surface area contributed by atoms with Crippen LogP contribution in [0.1, 0.15) is 76.4 Å². The van der Waals surface area contributed by atoms with Gasteiger partial charge in [-0.25, -0.2) is 4.79 Å². The normalized spacial score (nSPS) is 29.3. The van der Waals surface area contributed by atoms with Gasteiger partial charge in [-0.05, 0) is 48.3 Å². The molecule has 1 amide bonds. The van der Waals surface area contributed by atoms with E-state index in [-0.39, 0.29) is 31.1 Å². The van der Waals surface area contributed by atoms with Crippen LogP contribution >= 0.6 is 0 Å². The van der Waals surface area contributed by atoms with Crippen LogP contribution in [0.5, 0.6) is 0 Å². The largest absolute Gasteiger partial charge is 0.457 e. The van der Waals surface area contributed by atoms with Crippen LogP contribution in [0.15, 0.2) is 96.1 Å². The van der Waals surface area contributed by atoms with Crippen LogP contribution in [0.3, 0.4) is 0 Å². The van der Waals surface area contributed by atoms with Crippen LogP contribution in [0.25, 0.3) is 10.4 Å². The van der Waals surface area contributed by atoms with Crippen LogP contribution < -0.4 is 0 Å². The summed E-state index contributed by atoms with van der Waals surface area (Å²) in [5.74, 6) is -1.10. The van der Waals surface area contributed by atoms with Gasteiger partial charge in [0, 0.05) is 43.0 Å². The maximum Gasteiger partial charge on any atom is 0.410 e. The molecule has 3 fully saturated rings. The number of hydrogen-bond acceptors (Lipinski definition) is 11. The molecular formula is C44H56N4O10. The lowest BCUT2D eigenvalue weighted by atomic mass is 9.86. The van der Waals surface area contributed by atoms with Gasteiger partial charge < -0.3 is 42.8 Å². The zero-order valence-electron chi connectivity index (χ0n) is 33.7. The van der Waals surface area contributed by atoms with Crippen molar-refractivity contribution in [3.8, 4) is 0 Å². The Labute approximate surface area is 340 Å². The fourth-order valence-electron chi connectivity index (χ4n) is 7.85. The smallest absolute Gasteiger partial charge is 0.410 e. The zero-order chi connectivity index (χ0) is 40.9. The first-order valence-corrected chi connectivity index (χ1v) is 20.4. The molecule has 0 radical (unpaired) electrons. The van der Waals surface area contributed by atoms with E-state index in [9.17, 15) is 15.1 Å². The summed E-state index contributed by atoms with van der Waals surface area (Å²) in [7, 11) is 0. The number of hydrogen-bond donors (Lipinski definition) is 0. The minimum Gasteiger partial charge on any atom is -0.457 e. The number of ether oxygens (including phenoxy) is 8. The van der Waals surface area contributed by atoms with E-state index in [1.54, 1.807) is 4.90 Å². The molecule has 3 saturated heterocycles. The van der Waals surface area contributed by atoms with E-state index in [0.717, 1.165) is 29.5 Å². The van der Waals surface area contributed by atoms with Crippen LogP contribution in [0.2, 0.25) is 0 Å². The van der Waals surface area contributed by atoms with Crippen molar-refractivity contribution in [1.82, 2.24) is 4.90 Å². The molecule has 0 spiro atoms. The fraction of sp³-hybridized carbons (Fsp3) is 0.545. The Kier molecular flexibility index (Phi) is 15.9. The number of esters is 1. The van der Waals surface area contributed by atoms with Crippen LogP contribution in [0.4, 0.5) is 4.79 Å². The number of carbonyl (C=O) groups is 2. The lowest BCUT2D eigenvalue weighted by molar-refractivity contribution is -0.370. The van der Waals surface area contributed by atoms with Gasteiger partial charge in [-0.1, -0.05) is 117 Å². The Morgan fingerprint density at radius 1 is 0.845 bits per heavy atom. The number of rotatable bonds is 17. The van der Waals surface area contributed by atoms with Crippen molar-refractivity contribution in [3.63, 3.8) is 0 Å². The summed E-state index contributed by atoms with van der Waals surface area (Å²) in [4.78, 5) is 30.4. The highest BCUT2D eigenvalue weighted by atomic mass is 16.8. The number of unbranched alkanes of at least 4 members (excludes halogenated alkanes) is 2. The molecule has 5 unspecified atom stereocenters. The average Bonchev–Trinajstić information content (AvgIpc) is 3.24. The second-order valence-corrected chi connectivity index (χ2v) is 15.1. The molecule has 14 heteroatoms. The van der Waals surface area contributed by atoms with E-state index < -0.39 is 61.4 Å². The molecular weight excluding hydrogens is 745 g/mol. The first kappa shape index (κ1) is 43.1. The van der Waals surface area contributed by atoms with Crippen LogP contribution in [0, 0.1) is 11.8 Å². The third-order valence-corrected chi connectivity index (χ3v) is 11.0. The molecule has 0 bridgehead atoms. The van der Waals surface area contributed by atoms with Crippen molar-refractivity contribution in [2.75, 3.05) is 19.8 Å². The molecule has 6 rings (SSSR count). The van der Waals surface area contributed by atoms with E-state index >= 15 is 0 Å². The Bertz CT molecular complexity index is 1770. The molecule has 0 aliphatic carbocycles. The molecule has 3 heterocycles. The summed E-state index contributed by atoms with van der Waals surface area (Å²) in [5.41, 5.74) is 12.4. The van der Waals surface area contributed by atoms with E-state index in [2.05, 4.69) is 10.0 Å². The first-order valence-electron chi connectivity index (χ1n) is 20.4. The number of benzene rings is 3. The molecule has 3 aliphatic heterocycles. The van der Waals surface area contributed by atoms with Crippen molar-refractivity contribution in [1.29, 1.82) is 0 Å². The SMILES string of the molecule is CCC1O[C@H](OCCCCCN(Cc2ccccc2)C(=O)OCc2ccccc2)C(N=[N+]=[N-])[C@@H](C)[C@@H]1O[C@@H]1OC2COC(c3ccccc3)O[C@H]2[C@H](C)C1OC(C)=O. The maximum absolute atomic E-state index is 13.2. The number of carbonyl (C=O) groups excluding carboxylic acids is 2. The standard InChI is InChI=1S/C44H56N4O10/c1-5-35-38(58-43-40(54-31(4)49)30(3)39-36(56-43)28-52-41(57-39)34-22-14-8-15-23-34)29(2)37(46-47-45)42(55-35)51-25-17-9-16-24-48(26-32-18-10-6-11-19-32)44(50)53-27-33-20-12-7-13-21-33/h6-8,10-15,18-23,29-30,35-43H,5,9,16-17,24-28H2,1-4H3/t29-,30+,35?,36?,37?,38+,39+,40?,41?,42+,43+/m1/s1. The quantitative estimate of drug-likeness (QED) is 0.0428. The third-order valence-electron chi connectivity index (χ3n) is 11.0. The Balaban J connectivity index is 1.03. The lowest BCUT2D eigenvalue weighted by Gasteiger charge is -2.50. The van der Waals surface area contributed by atoms with Crippen LogP contribution in [-0.2, 0) is 55.8 Å². The van der Waals surface area contributed by atoms with E-state index in [0.29, 0.717) is 32.5 Å². The van der Waals surface area contributed by atoms with Gasteiger partial charge in [-0.15, -0.1) is 0 Å². The zero-order valence-corrected chi connectivity index (χ0v) is 33.7. The van der Waals surface area contributed by atoms with Crippen molar-refractivity contribution >= 4 is 12.1 Å². The Morgan fingerprint density at radius 2 is 1.53 bits per heavy atom. The molecule has 3 aromatic carbocycles. The molecule has 14 nitrogen and oxygen atoms in total. The highest BCUT2D eigenvalue weighted by molar-refractivity contribution is 5.67. The van der Waals surface area contributed by atoms with Crippen molar-refractivity contribution in [2.24, 2.45) is 17.0 Å². The van der Waals surface area contributed by atoms with Gasteiger partial charge >= 0.3 is 12.1 Å². The summed E-state index contributed by atoms with van der Waals surface area (Å²) < 4.78 is 49.8. The van der Waals surface area contributed by atoms with Crippen LogP contribution in [-0.4, -0.2) is 85.9 Å². The molecule has 3 aliphatic rings. The highest BCUT2D eigenvalue weighted by Gasteiger charge is 2.53. The molecule has 3 aromatic rings. The number of fused-ring (bicyclic) bond motifs is 1. The summed E-state index contributed by atoms with van der Waals surface area (Å²) in [6.07, 6.45) is -2.58. The average molecular weight is 801 g/mol. The van der Waals surface area contributed by atoms with Gasteiger partial charge in [0.05, 0.1) is 31.0 Å². The molecule has 312 valence electrons. The van der Waals surface area contributed by atoms with Gasteiger partial charge in [0.1, 0.15) is 12.7 Å². The minimum absolute atomic E-state index is 0.204. The summed E-state index contributed by atoms with van der Waals surface area (Å²) in [6.45, 7) is 9.03. The molecule has 58 heavy (non-hydrogen) atoms. The van der Waals surface area contributed by atoms with E-state index in [4.69, 9.17) is 37.9 Å². The Morgan fingerprint density at radius 3 is 2.21 bits per heavy atom. The second-order valence-electron chi connectivity index (χ2n) is 15.1. The summed E-state index contributed by atoms with van der Waals surface area (Å²) in [6, 6.07) is 28.4. The number of nitrogens with zero attached hydrogens (tertiary/aromatic N) is 4. The predicted octanol–water partition coefficient (Wildman–Crippen LogP) is 8.25. The van der Waals surface area contributed by atoms with Gasteiger partial charge in [0.15, 0.2) is 25.0 Å². The van der Waals surface area contributed by atoms with Gasteiger partial charge in [0.2, 0.25) is 0 Å². The molecule has 0 saturated carbocycles. The fourth-order valence-corrected chi connectivity index (χ4v) is 7.85. The molecule has 11 atom stereocenters. The summed E-state index contributed by atoms with van der Waals surface area (Å²) >= 11 is 0. The lowest BCUT2D eigenvalue weighted by Crippen LogP contribution is -2.62. The van der Waals surface area contributed by atoms with E-state index in [1.165, 1.54) is 6.92 Å². The van der Waals surface area contributed by atoms with Crippen molar-refractivity contribution in [3.05, 3.63) is 118 Å². The first-order chi connectivity index (χ1) is 28.2. The highest BCUT2D eigenvalue weighted by Crippen LogP contribution is 2.41. The number of amides is 1. The Hall–Kier alpha value is -4.53. The minimum atomic E-state index is -0.952. The number of azide groups is 1. The summed E-state index contributed by atoms with van der Waals surface area (Å²) in [5, 5.41) is 4.11. The van der Waals surface area contributed by atoms with Gasteiger partial charge in [-0.2, -0.15) is 0 Å². The predicted molar refractivity (Wildman–Crippen MR) is 213 cm³/mol. The van der Waals surface area contributed by atoms with Crippen molar-refractivity contribution < 1.29 is 47.5 Å². The molecule has 0 aromatic heterocycles. The maximum atomic E-state index is 13.2. The van der Waals surface area contributed by atoms with Gasteiger partial charge in [0.25, 0.3) is 0 Å². The second kappa shape index (κ2) is 21.5. The van der Waals surface area contributed by atoms with E-state index in [1.807, 2.05) is 112 Å².